The first-order chi connectivity index (χ1) is 20.5. The molecule has 0 aromatic carbocycles. The minimum Gasteiger partial charge on any atom is -0.394 e. The Labute approximate surface area is 251 Å². The quantitative estimate of drug-likeness (QED) is 0.0527. The zero-order valence-electron chi connectivity index (χ0n) is 28.1. The summed E-state index contributed by atoms with van der Waals surface area (Å²) in [6, 6.07) is 0. The van der Waals surface area contributed by atoms with Gasteiger partial charge in [-0.05, 0) is 12.8 Å². The molecule has 0 aliphatic heterocycles. The number of aliphatic hydroxyl groups is 5. The van der Waals surface area contributed by atoms with Gasteiger partial charge in [-0.25, -0.2) is 0 Å². The maximum absolute atomic E-state index is 11.4. The van der Waals surface area contributed by atoms with E-state index >= 15 is 0 Å². The lowest BCUT2D eigenvalue weighted by Gasteiger charge is -2.41. The van der Waals surface area contributed by atoms with Crippen LogP contribution in [-0.4, -0.2) is 69.3 Å². The molecule has 0 radical (unpaired) electrons. The van der Waals surface area contributed by atoms with Crippen molar-refractivity contribution in [2.24, 2.45) is 0 Å². The Morgan fingerprint density at radius 3 is 1.30 bits per heavy atom. The lowest BCUT2D eigenvalue weighted by Crippen LogP contribution is -2.59. The van der Waals surface area contributed by atoms with Gasteiger partial charge in [0.1, 0.15) is 23.9 Å². The Morgan fingerprint density at radius 2 is 0.925 bits per heavy atom. The fourth-order valence-corrected chi connectivity index (χ4v) is 5.60. The summed E-state index contributed by atoms with van der Waals surface area (Å²) in [7, 11) is 0. The van der Waals surface area contributed by atoms with Crippen LogP contribution in [0.15, 0.2) is 0 Å². The Balaban J connectivity index is 4.22. The van der Waals surface area contributed by atoms with Crippen LogP contribution in [0.25, 0.3) is 0 Å². The van der Waals surface area contributed by atoms with Crippen molar-refractivity contribution in [2.75, 3.05) is 19.8 Å². The van der Waals surface area contributed by atoms with Gasteiger partial charge < -0.3 is 30.3 Å². The van der Waals surface area contributed by atoms with Crippen LogP contribution in [0.4, 0.5) is 0 Å². The molecule has 0 aliphatic rings. The van der Waals surface area contributed by atoms with E-state index in [0.717, 1.165) is 51.4 Å². The molecule has 242 valence electrons. The van der Waals surface area contributed by atoms with Gasteiger partial charge in [0.2, 0.25) is 0 Å². The molecule has 0 spiro atoms. The van der Waals surface area contributed by atoms with E-state index in [1.165, 1.54) is 96.3 Å². The molecule has 0 amide bonds. The van der Waals surface area contributed by atoms with Crippen LogP contribution in [0.5, 0.6) is 0 Å². The molecule has 0 fully saturated rings. The van der Waals surface area contributed by atoms with Gasteiger partial charge >= 0.3 is 0 Å². The molecule has 0 rings (SSSR count). The molecule has 6 heteroatoms. The standard InChI is InChI=1S/C34H70O6/c1-3-5-7-9-11-13-15-17-19-21-23-25-27-34(39,32(38)30-36)33(31(37)29-35)40-28-26-24-22-20-18-16-14-12-10-8-6-4-2/h31-33,35-39H,3-30H2,1-2H3/t31-,32-,33-,34-/m1/s1/i1D,2D. The molecule has 0 bridgehead atoms. The highest BCUT2D eigenvalue weighted by Gasteiger charge is 2.46. The van der Waals surface area contributed by atoms with Crippen molar-refractivity contribution in [2.45, 2.75) is 198 Å². The van der Waals surface area contributed by atoms with Crippen LogP contribution in [0.3, 0.4) is 0 Å². The minimum atomic E-state index is -1.82. The molecule has 0 aromatic heterocycles. The summed E-state index contributed by atoms with van der Waals surface area (Å²) in [5.41, 5.74) is -1.82. The van der Waals surface area contributed by atoms with Crippen molar-refractivity contribution < 1.29 is 33.0 Å². The number of unbranched alkanes of at least 4 members (excludes halogenated alkanes) is 22. The molecular formula is C34H70O6. The Kier molecular flexibility index (Phi) is 25.9. The number of hydrogen-bond donors (Lipinski definition) is 5. The predicted molar refractivity (Wildman–Crippen MR) is 168 cm³/mol. The molecule has 0 aromatic rings. The highest BCUT2D eigenvalue weighted by molar-refractivity contribution is 4.97. The smallest absolute Gasteiger partial charge is 0.121 e. The highest BCUT2D eigenvalue weighted by atomic mass is 16.5. The van der Waals surface area contributed by atoms with Gasteiger partial charge in [-0.15, -0.1) is 0 Å². The van der Waals surface area contributed by atoms with Crippen molar-refractivity contribution in [1.29, 1.82) is 0 Å². The van der Waals surface area contributed by atoms with Crippen molar-refractivity contribution in [3.8, 4) is 0 Å². The number of hydrogen-bond acceptors (Lipinski definition) is 6. The summed E-state index contributed by atoms with van der Waals surface area (Å²) < 4.78 is 20.2. The third-order valence-electron chi connectivity index (χ3n) is 8.30. The van der Waals surface area contributed by atoms with E-state index in [4.69, 9.17) is 7.48 Å². The Bertz CT molecular complexity index is 544. The zero-order chi connectivity index (χ0) is 31.2. The van der Waals surface area contributed by atoms with Crippen molar-refractivity contribution >= 4 is 0 Å². The van der Waals surface area contributed by atoms with Gasteiger partial charge in [-0.2, -0.15) is 0 Å². The van der Waals surface area contributed by atoms with Gasteiger partial charge in [0.15, 0.2) is 0 Å². The van der Waals surface area contributed by atoms with E-state index in [2.05, 4.69) is 0 Å². The lowest BCUT2D eigenvalue weighted by molar-refractivity contribution is -0.211. The van der Waals surface area contributed by atoms with Gasteiger partial charge in [-0.3, -0.25) is 0 Å². The molecule has 6 nitrogen and oxygen atoms in total. The largest absolute Gasteiger partial charge is 0.394 e. The average molecular weight is 577 g/mol. The summed E-state index contributed by atoms with van der Waals surface area (Å²) in [4.78, 5) is 0. The molecule has 5 N–H and O–H groups in total. The second-order valence-corrected chi connectivity index (χ2v) is 12.0. The minimum absolute atomic E-state index is 0.193. The third kappa shape index (κ3) is 20.6. The van der Waals surface area contributed by atoms with Crippen LogP contribution in [0.1, 0.15) is 177 Å². The normalized spacial score (nSPS) is 16.3. The maximum atomic E-state index is 11.4. The van der Waals surface area contributed by atoms with Gasteiger partial charge in [-0.1, -0.05) is 161 Å². The van der Waals surface area contributed by atoms with E-state index in [1.807, 2.05) is 0 Å². The molecule has 0 aliphatic carbocycles. The monoisotopic (exact) mass is 577 g/mol. The predicted octanol–water partition coefficient (Wildman–Crippen LogP) is 7.60. The summed E-state index contributed by atoms with van der Waals surface area (Å²) >= 11 is 0. The number of ether oxygens (including phenoxy) is 1. The van der Waals surface area contributed by atoms with Crippen LogP contribution < -0.4 is 0 Å². The van der Waals surface area contributed by atoms with Gasteiger partial charge in [0.25, 0.3) is 0 Å². The van der Waals surface area contributed by atoms with Crippen LogP contribution in [0, 0.1) is 0 Å². The summed E-state index contributed by atoms with van der Waals surface area (Å²) in [6.07, 6.45) is 23.5. The summed E-state index contributed by atoms with van der Waals surface area (Å²) in [5, 5.41) is 51.6. The summed E-state index contributed by atoms with van der Waals surface area (Å²) in [6.45, 7) is 0.200. The second kappa shape index (κ2) is 28.9. The third-order valence-corrected chi connectivity index (χ3v) is 8.30. The topological polar surface area (TPSA) is 110 Å². The average Bonchev–Trinajstić information content (AvgIpc) is 3.00. The Morgan fingerprint density at radius 1 is 0.550 bits per heavy atom. The zero-order valence-corrected chi connectivity index (χ0v) is 26.1. The number of rotatable bonds is 32. The first kappa shape index (κ1) is 36.0. The maximum Gasteiger partial charge on any atom is 0.121 e. The fraction of sp³-hybridized carbons (Fsp3) is 1.00. The molecule has 0 heterocycles. The first-order valence-electron chi connectivity index (χ1n) is 18.4. The second-order valence-electron chi connectivity index (χ2n) is 12.0. The van der Waals surface area contributed by atoms with E-state index in [0.29, 0.717) is 26.8 Å². The molecule has 4 atom stereocenters. The van der Waals surface area contributed by atoms with Crippen molar-refractivity contribution in [1.82, 2.24) is 0 Å². The van der Waals surface area contributed by atoms with Crippen LogP contribution in [0.2, 0.25) is 0 Å². The van der Waals surface area contributed by atoms with E-state index in [1.54, 1.807) is 0 Å². The van der Waals surface area contributed by atoms with E-state index in [9.17, 15) is 25.5 Å². The van der Waals surface area contributed by atoms with Gasteiger partial charge in [0, 0.05) is 9.35 Å². The van der Waals surface area contributed by atoms with Crippen LogP contribution in [-0.2, 0) is 4.74 Å². The summed E-state index contributed by atoms with van der Waals surface area (Å²) in [5.74, 6) is 0. The molecule has 40 heavy (non-hydrogen) atoms. The highest BCUT2D eigenvalue weighted by Crippen LogP contribution is 2.29. The van der Waals surface area contributed by atoms with Crippen molar-refractivity contribution in [3.05, 3.63) is 0 Å². The molecule has 0 saturated heterocycles. The Hall–Kier alpha value is -0.240. The van der Waals surface area contributed by atoms with Gasteiger partial charge in [0.05, 0.1) is 13.2 Å². The van der Waals surface area contributed by atoms with E-state index in [-0.39, 0.29) is 6.42 Å². The molecular weight excluding hydrogens is 504 g/mol. The molecule has 0 saturated carbocycles. The first-order valence-corrected chi connectivity index (χ1v) is 17.0. The fourth-order valence-electron chi connectivity index (χ4n) is 5.60. The SMILES string of the molecule is [2H]CCCCCCCCCCCCCCO[C@H]([C@H](O)CO)[C@@](O)(CCCCCCCCCCCCCC[2H])[C@H](O)CO. The number of aliphatic hydroxyl groups excluding tert-OH is 4. The van der Waals surface area contributed by atoms with Crippen LogP contribution >= 0.6 is 0 Å². The van der Waals surface area contributed by atoms with Crippen molar-refractivity contribution in [3.63, 3.8) is 0 Å². The molecule has 0 unspecified atom stereocenters. The lowest BCUT2D eigenvalue weighted by atomic mass is 9.82. The van der Waals surface area contributed by atoms with E-state index < -0.39 is 37.1 Å².